The first kappa shape index (κ1) is 20.2. The number of rotatable bonds is 5. The van der Waals surface area contributed by atoms with Crippen LogP contribution in [0.5, 0.6) is 0 Å². The molecule has 5 rings (SSSR count). The summed E-state index contributed by atoms with van der Waals surface area (Å²) in [5, 5.41) is 6.46. The molecule has 1 saturated heterocycles. The van der Waals surface area contributed by atoms with Crippen molar-refractivity contribution in [2.75, 3.05) is 36.5 Å². The van der Waals surface area contributed by atoms with Gasteiger partial charge in [0.05, 0.1) is 18.9 Å². The summed E-state index contributed by atoms with van der Waals surface area (Å²) in [4.78, 5) is 18.8. The number of benzene rings is 2. The van der Waals surface area contributed by atoms with Crippen LogP contribution in [0.2, 0.25) is 0 Å². The second-order valence-electron chi connectivity index (χ2n) is 7.75. The summed E-state index contributed by atoms with van der Waals surface area (Å²) in [6, 6.07) is 15.8. The van der Waals surface area contributed by atoms with Crippen molar-refractivity contribution in [1.29, 1.82) is 0 Å². The normalized spacial score (nSPS) is 17.4. The minimum atomic E-state index is -0.500. The number of carbonyl (C=O) groups excluding carboxylic acids is 1. The van der Waals surface area contributed by atoms with Gasteiger partial charge in [0.25, 0.3) is 0 Å². The number of carbonyl (C=O) groups is 1. The number of nitrogens with zero attached hydrogens (tertiary/aromatic N) is 2. The molecule has 0 amide bonds. The van der Waals surface area contributed by atoms with Gasteiger partial charge in [-0.05, 0) is 72.4 Å². The van der Waals surface area contributed by atoms with E-state index in [1.54, 1.807) is 18.3 Å². The quantitative estimate of drug-likeness (QED) is 0.589. The van der Waals surface area contributed by atoms with Gasteiger partial charge in [-0.3, -0.25) is 0 Å². The average molecular weight is 430 g/mol. The molecule has 6 nitrogen and oxygen atoms in total. The van der Waals surface area contributed by atoms with E-state index < -0.39 is 6.04 Å². The van der Waals surface area contributed by atoms with E-state index in [0.717, 1.165) is 60.7 Å². The summed E-state index contributed by atoms with van der Waals surface area (Å²) in [5.41, 5.74) is 5.19. The summed E-state index contributed by atoms with van der Waals surface area (Å²) < 4.78 is 18.8. The van der Waals surface area contributed by atoms with Crippen LogP contribution in [0.1, 0.15) is 17.2 Å². The van der Waals surface area contributed by atoms with Crippen molar-refractivity contribution in [2.24, 2.45) is 0 Å². The Labute approximate surface area is 185 Å². The highest BCUT2D eigenvalue weighted by atomic mass is 19.1. The molecule has 32 heavy (non-hydrogen) atoms. The highest BCUT2D eigenvalue weighted by Crippen LogP contribution is 2.34. The first-order valence-electron chi connectivity index (χ1n) is 10.6. The molecule has 2 aliphatic heterocycles. The Morgan fingerprint density at radius 1 is 1.09 bits per heavy atom. The second kappa shape index (κ2) is 8.80. The number of morpholine rings is 1. The number of fused-ring (bicyclic) bond motifs is 1. The minimum Gasteiger partial charge on any atom is -0.378 e. The molecule has 3 heterocycles. The van der Waals surface area contributed by atoms with Crippen molar-refractivity contribution >= 4 is 29.6 Å². The fourth-order valence-electron chi connectivity index (χ4n) is 4.05. The first-order chi connectivity index (χ1) is 15.7. The van der Waals surface area contributed by atoms with Gasteiger partial charge in [0.15, 0.2) is 0 Å². The molecule has 2 aliphatic rings. The number of nitrogens with one attached hydrogen (secondary N) is 2. The van der Waals surface area contributed by atoms with Crippen molar-refractivity contribution in [3.8, 4) is 11.3 Å². The number of aromatic nitrogens is 1. The second-order valence-corrected chi connectivity index (χ2v) is 7.75. The summed E-state index contributed by atoms with van der Waals surface area (Å²) >= 11 is 0. The molecule has 3 aromatic rings. The monoisotopic (exact) mass is 430 g/mol. The number of halogens is 1. The molecular formula is C25H23FN4O2. The molecule has 0 bridgehead atoms. The average Bonchev–Trinajstić information content (AvgIpc) is 2.85. The number of pyridine rings is 1. The number of hydrogen-bond acceptors (Lipinski definition) is 6. The van der Waals surface area contributed by atoms with Gasteiger partial charge in [-0.2, -0.15) is 0 Å². The van der Waals surface area contributed by atoms with E-state index >= 15 is 0 Å². The zero-order valence-corrected chi connectivity index (χ0v) is 17.4. The van der Waals surface area contributed by atoms with E-state index in [0.29, 0.717) is 11.5 Å². The molecule has 0 aliphatic carbocycles. The molecule has 2 N–H and O–H groups in total. The van der Waals surface area contributed by atoms with Crippen LogP contribution in [0.4, 0.5) is 21.6 Å². The molecule has 2 aromatic carbocycles. The molecular weight excluding hydrogens is 407 g/mol. The van der Waals surface area contributed by atoms with Crippen molar-refractivity contribution in [3.05, 3.63) is 77.7 Å². The lowest BCUT2D eigenvalue weighted by Gasteiger charge is -2.29. The lowest BCUT2D eigenvalue weighted by Crippen LogP contribution is -2.36. The third-order valence-corrected chi connectivity index (χ3v) is 5.72. The van der Waals surface area contributed by atoms with Gasteiger partial charge in [0.2, 0.25) is 0 Å². The van der Waals surface area contributed by atoms with Crippen LogP contribution in [0.25, 0.3) is 17.3 Å². The maximum absolute atomic E-state index is 13.4. The Morgan fingerprint density at radius 2 is 1.84 bits per heavy atom. The summed E-state index contributed by atoms with van der Waals surface area (Å²) in [7, 11) is 0. The van der Waals surface area contributed by atoms with E-state index in [2.05, 4.69) is 27.7 Å². The first-order valence-corrected chi connectivity index (χ1v) is 10.6. The largest absolute Gasteiger partial charge is 0.378 e. The fraction of sp³-hybridized carbons (Fsp3) is 0.200. The summed E-state index contributed by atoms with van der Waals surface area (Å²) in [6.45, 7) is 3.22. The van der Waals surface area contributed by atoms with Crippen LogP contribution in [0, 0.1) is 5.82 Å². The Balaban J connectivity index is 1.50. The van der Waals surface area contributed by atoms with E-state index in [4.69, 9.17) is 9.72 Å². The summed E-state index contributed by atoms with van der Waals surface area (Å²) in [5.74, 6) is 0.297. The maximum atomic E-state index is 13.4. The smallest absolute Gasteiger partial charge is 0.146 e. The van der Waals surface area contributed by atoms with Crippen molar-refractivity contribution in [1.82, 2.24) is 10.3 Å². The van der Waals surface area contributed by atoms with Gasteiger partial charge >= 0.3 is 0 Å². The van der Waals surface area contributed by atoms with Gasteiger partial charge in [0, 0.05) is 35.6 Å². The Kier molecular flexibility index (Phi) is 5.56. The van der Waals surface area contributed by atoms with E-state index in [1.165, 1.54) is 12.1 Å². The predicted molar refractivity (Wildman–Crippen MR) is 123 cm³/mol. The number of hydrogen-bond donors (Lipinski definition) is 2. The highest BCUT2D eigenvalue weighted by Gasteiger charge is 2.23. The van der Waals surface area contributed by atoms with Crippen LogP contribution >= 0.6 is 0 Å². The minimum absolute atomic E-state index is 0.296. The standard InChI is InChI=1S/C25H23FN4O2/c26-19-3-1-17(2-4-19)22-15-18-9-10-27-23(16-31)24(18)25(29-22)28-20-5-7-21(8-6-20)30-11-13-32-14-12-30/h1-10,15-16,23,27H,11-14H2,(H,28,29). The summed E-state index contributed by atoms with van der Waals surface area (Å²) in [6.07, 6.45) is 4.54. The third kappa shape index (κ3) is 4.07. The Bertz CT molecular complexity index is 1140. The Morgan fingerprint density at radius 3 is 2.56 bits per heavy atom. The predicted octanol–water partition coefficient (Wildman–Crippen LogP) is 4.28. The molecule has 1 aromatic heterocycles. The van der Waals surface area contributed by atoms with Gasteiger partial charge in [-0.25, -0.2) is 9.37 Å². The molecule has 0 spiro atoms. The SMILES string of the molecule is O=CC1NC=Cc2cc(-c3ccc(F)cc3)nc(Nc3ccc(N4CCOCC4)cc3)c21. The highest BCUT2D eigenvalue weighted by molar-refractivity contribution is 5.80. The lowest BCUT2D eigenvalue weighted by atomic mass is 9.97. The molecule has 1 unspecified atom stereocenters. The fourth-order valence-corrected chi connectivity index (χ4v) is 4.05. The zero-order valence-electron chi connectivity index (χ0n) is 17.4. The molecule has 162 valence electrons. The van der Waals surface area contributed by atoms with Crippen LogP contribution in [-0.2, 0) is 9.53 Å². The van der Waals surface area contributed by atoms with Gasteiger partial charge in [-0.1, -0.05) is 0 Å². The van der Waals surface area contributed by atoms with Crippen LogP contribution in [0.3, 0.4) is 0 Å². The molecule has 0 saturated carbocycles. The Hall–Kier alpha value is -3.71. The van der Waals surface area contributed by atoms with Gasteiger partial charge < -0.3 is 25.1 Å². The van der Waals surface area contributed by atoms with Crippen molar-refractivity contribution in [3.63, 3.8) is 0 Å². The van der Waals surface area contributed by atoms with E-state index in [1.807, 2.05) is 24.3 Å². The molecule has 1 atom stereocenters. The van der Waals surface area contributed by atoms with Gasteiger partial charge in [0.1, 0.15) is 24.0 Å². The van der Waals surface area contributed by atoms with Gasteiger partial charge in [-0.15, -0.1) is 0 Å². The van der Waals surface area contributed by atoms with Crippen LogP contribution < -0.4 is 15.5 Å². The maximum Gasteiger partial charge on any atom is 0.146 e. The number of ether oxygens (including phenoxy) is 1. The molecule has 1 fully saturated rings. The molecule has 0 radical (unpaired) electrons. The van der Waals surface area contributed by atoms with Crippen molar-refractivity contribution < 1.29 is 13.9 Å². The number of aldehydes is 1. The zero-order chi connectivity index (χ0) is 21.9. The molecule has 7 heteroatoms. The van der Waals surface area contributed by atoms with E-state index in [-0.39, 0.29) is 5.82 Å². The van der Waals surface area contributed by atoms with E-state index in [9.17, 15) is 9.18 Å². The third-order valence-electron chi connectivity index (χ3n) is 5.72. The topological polar surface area (TPSA) is 66.5 Å². The van der Waals surface area contributed by atoms with Crippen molar-refractivity contribution in [2.45, 2.75) is 6.04 Å². The van der Waals surface area contributed by atoms with Crippen LogP contribution in [-0.4, -0.2) is 37.6 Å². The lowest BCUT2D eigenvalue weighted by molar-refractivity contribution is -0.109. The van der Waals surface area contributed by atoms with Crippen LogP contribution in [0.15, 0.2) is 60.8 Å². The number of anilines is 3.